The highest BCUT2D eigenvalue weighted by Crippen LogP contribution is 2.29. The number of hydrogen-bond acceptors (Lipinski definition) is 6. The van der Waals surface area contributed by atoms with Gasteiger partial charge in [0, 0.05) is 25.2 Å². The van der Waals surface area contributed by atoms with Crippen LogP contribution in [-0.2, 0) is 23.9 Å². The largest absolute Gasteiger partial charge is 0.456 e. The number of unbranched alkanes of at least 4 members (excludes halogenated alkanes) is 6. The standard InChI is InChI=1S/C44H72N4O5/c1-10-11-12-13-14-15-19-27-39(35-23-17-16-18-24-35)53-44(52)37-26-22-29-48(37)42(50)34(8)30-38(31(2)3)46(9)43(51)40(32(4)5)45-41(49)36-25-20-21-28-47(36)33(6)7/h16-18,23-24,30-33,36-40H,10-15,19-22,25-29H2,1-9H3,(H,45,49)/b34-30+/t36-,37?,38-,39+,40+/m1/s1. The van der Waals surface area contributed by atoms with Crippen molar-refractivity contribution in [3.05, 3.63) is 47.5 Å². The van der Waals surface area contributed by atoms with Gasteiger partial charge >= 0.3 is 5.97 Å². The topological polar surface area (TPSA) is 99.3 Å². The van der Waals surface area contributed by atoms with Crippen molar-refractivity contribution in [3.63, 3.8) is 0 Å². The molecule has 0 aromatic heterocycles. The molecule has 1 aromatic carbocycles. The molecule has 3 rings (SSSR count). The second-order valence-electron chi connectivity index (χ2n) is 16.5. The maximum atomic E-state index is 14.1. The van der Waals surface area contributed by atoms with Gasteiger partial charge in [0.25, 0.3) is 0 Å². The summed E-state index contributed by atoms with van der Waals surface area (Å²) in [4.78, 5) is 61.1. The van der Waals surface area contributed by atoms with Crippen LogP contribution in [-0.4, -0.2) is 88.7 Å². The number of hydrogen-bond donors (Lipinski definition) is 1. The molecule has 1 N–H and O–H groups in total. The van der Waals surface area contributed by atoms with Crippen molar-refractivity contribution in [1.82, 2.24) is 20.0 Å². The Hall–Kier alpha value is -3.20. The maximum Gasteiger partial charge on any atom is 0.329 e. The Kier molecular flexibility index (Phi) is 18.5. The molecule has 53 heavy (non-hydrogen) atoms. The third-order valence-corrected chi connectivity index (χ3v) is 11.3. The zero-order valence-corrected chi connectivity index (χ0v) is 34.6. The first-order chi connectivity index (χ1) is 25.3. The molecule has 9 heteroatoms. The molecule has 298 valence electrons. The molecule has 0 bridgehead atoms. The van der Waals surface area contributed by atoms with Gasteiger partial charge in [0.05, 0.1) is 12.1 Å². The highest BCUT2D eigenvalue weighted by Gasteiger charge is 2.39. The first-order valence-electron chi connectivity index (χ1n) is 20.9. The molecule has 5 atom stereocenters. The summed E-state index contributed by atoms with van der Waals surface area (Å²) in [6, 6.07) is 8.22. The van der Waals surface area contributed by atoms with E-state index in [-0.39, 0.29) is 59.8 Å². The van der Waals surface area contributed by atoms with Crippen LogP contribution in [0, 0.1) is 11.8 Å². The molecule has 1 unspecified atom stereocenters. The fraction of sp³-hybridized carbons (Fsp3) is 0.727. The van der Waals surface area contributed by atoms with Crippen molar-refractivity contribution in [1.29, 1.82) is 0 Å². The summed E-state index contributed by atoms with van der Waals surface area (Å²) in [7, 11) is 1.76. The van der Waals surface area contributed by atoms with Crippen LogP contribution in [0.5, 0.6) is 0 Å². The highest BCUT2D eigenvalue weighted by molar-refractivity contribution is 5.96. The summed E-state index contributed by atoms with van der Waals surface area (Å²) in [5.74, 6) is -0.942. The lowest BCUT2D eigenvalue weighted by Gasteiger charge is -2.39. The van der Waals surface area contributed by atoms with Crippen LogP contribution in [0.4, 0.5) is 0 Å². The lowest BCUT2D eigenvalue weighted by atomic mass is 9.95. The Labute approximate surface area is 321 Å². The summed E-state index contributed by atoms with van der Waals surface area (Å²) < 4.78 is 6.22. The molecule has 2 aliphatic heterocycles. The number of rotatable bonds is 20. The van der Waals surface area contributed by atoms with E-state index in [2.05, 4.69) is 31.0 Å². The lowest BCUT2D eigenvalue weighted by Crippen LogP contribution is -2.58. The Balaban J connectivity index is 1.70. The third-order valence-electron chi connectivity index (χ3n) is 11.3. The quantitative estimate of drug-likeness (QED) is 0.0823. The zero-order valence-electron chi connectivity index (χ0n) is 34.6. The van der Waals surface area contributed by atoms with Crippen LogP contribution in [0.3, 0.4) is 0 Å². The van der Waals surface area contributed by atoms with Crippen molar-refractivity contribution in [2.24, 2.45) is 11.8 Å². The summed E-state index contributed by atoms with van der Waals surface area (Å²) in [5.41, 5.74) is 1.48. The van der Waals surface area contributed by atoms with Crippen LogP contribution in [0.2, 0.25) is 0 Å². The fourth-order valence-corrected chi connectivity index (χ4v) is 8.01. The van der Waals surface area contributed by atoms with E-state index in [1.54, 1.807) is 23.8 Å². The van der Waals surface area contributed by atoms with Crippen molar-refractivity contribution in [2.45, 2.75) is 175 Å². The van der Waals surface area contributed by atoms with Gasteiger partial charge in [0.15, 0.2) is 0 Å². The number of likely N-dealkylation sites (tertiary alicyclic amines) is 2. The number of likely N-dealkylation sites (N-methyl/N-ethyl adjacent to an activating group) is 1. The Morgan fingerprint density at radius 3 is 2.11 bits per heavy atom. The molecule has 3 amide bonds. The summed E-state index contributed by atoms with van der Waals surface area (Å²) in [6.07, 6.45) is 14.7. The molecule has 2 aliphatic rings. The zero-order chi connectivity index (χ0) is 39.1. The average molecular weight is 737 g/mol. The Bertz CT molecular complexity index is 1330. The van der Waals surface area contributed by atoms with E-state index in [1.165, 1.54) is 32.1 Å². The van der Waals surface area contributed by atoms with Gasteiger partial charge in [0.2, 0.25) is 17.7 Å². The molecule has 2 heterocycles. The number of nitrogens with one attached hydrogen (secondary N) is 1. The molecule has 2 saturated heterocycles. The van der Waals surface area contributed by atoms with Gasteiger partial charge in [-0.2, -0.15) is 0 Å². The Morgan fingerprint density at radius 2 is 1.49 bits per heavy atom. The van der Waals surface area contributed by atoms with Crippen LogP contribution in [0.1, 0.15) is 151 Å². The predicted octanol–water partition coefficient (Wildman–Crippen LogP) is 8.24. The van der Waals surface area contributed by atoms with Gasteiger partial charge in [0.1, 0.15) is 18.2 Å². The van der Waals surface area contributed by atoms with Crippen LogP contribution < -0.4 is 5.32 Å². The van der Waals surface area contributed by atoms with Gasteiger partial charge < -0.3 is 19.9 Å². The van der Waals surface area contributed by atoms with Crippen LogP contribution in [0.15, 0.2) is 42.0 Å². The fourth-order valence-electron chi connectivity index (χ4n) is 8.01. The normalized spacial score (nSPS) is 20.1. The molecular weight excluding hydrogens is 665 g/mol. The molecule has 0 aliphatic carbocycles. The van der Waals surface area contributed by atoms with E-state index in [0.717, 1.165) is 57.1 Å². The first-order valence-corrected chi connectivity index (χ1v) is 20.9. The second-order valence-corrected chi connectivity index (χ2v) is 16.5. The minimum absolute atomic E-state index is 0.00241. The molecule has 9 nitrogen and oxygen atoms in total. The number of esters is 1. The van der Waals surface area contributed by atoms with Gasteiger partial charge in [-0.15, -0.1) is 0 Å². The van der Waals surface area contributed by atoms with Crippen LogP contribution >= 0.6 is 0 Å². The van der Waals surface area contributed by atoms with Crippen LogP contribution in [0.25, 0.3) is 0 Å². The molecule has 0 radical (unpaired) electrons. The summed E-state index contributed by atoms with van der Waals surface area (Å²) in [5, 5.41) is 3.12. The van der Waals surface area contributed by atoms with E-state index >= 15 is 0 Å². The number of nitrogens with zero attached hydrogens (tertiary/aromatic N) is 3. The van der Waals surface area contributed by atoms with Gasteiger partial charge in [-0.05, 0) is 83.2 Å². The summed E-state index contributed by atoms with van der Waals surface area (Å²) >= 11 is 0. The van der Waals surface area contributed by atoms with Gasteiger partial charge in [-0.3, -0.25) is 19.3 Å². The predicted molar refractivity (Wildman–Crippen MR) is 214 cm³/mol. The minimum Gasteiger partial charge on any atom is -0.456 e. The van der Waals surface area contributed by atoms with E-state index in [1.807, 2.05) is 64.1 Å². The molecule has 0 spiro atoms. The maximum absolute atomic E-state index is 14.1. The monoisotopic (exact) mass is 737 g/mol. The summed E-state index contributed by atoms with van der Waals surface area (Å²) in [6.45, 7) is 17.5. The second kappa shape index (κ2) is 22.2. The molecule has 2 fully saturated rings. The number of ether oxygens (including phenoxy) is 1. The average Bonchev–Trinajstić information content (AvgIpc) is 3.64. The van der Waals surface area contributed by atoms with Gasteiger partial charge in [-0.1, -0.05) is 116 Å². The number of piperidine rings is 1. The van der Waals surface area contributed by atoms with E-state index in [4.69, 9.17) is 4.74 Å². The lowest BCUT2D eigenvalue weighted by molar-refractivity contribution is -0.158. The molecule has 1 aromatic rings. The van der Waals surface area contributed by atoms with E-state index < -0.39 is 12.1 Å². The smallest absolute Gasteiger partial charge is 0.329 e. The van der Waals surface area contributed by atoms with Crippen molar-refractivity contribution in [3.8, 4) is 0 Å². The molecule has 0 saturated carbocycles. The molecular formula is C44H72N4O5. The number of carbonyl (C=O) groups is 4. The number of carbonyl (C=O) groups excluding carboxylic acids is 4. The number of benzene rings is 1. The first kappa shape index (κ1) is 44.2. The highest BCUT2D eigenvalue weighted by atomic mass is 16.5. The Morgan fingerprint density at radius 1 is 0.849 bits per heavy atom. The van der Waals surface area contributed by atoms with E-state index in [0.29, 0.717) is 18.5 Å². The SMILES string of the molecule is CCCCCCCCC[C@H](OC(=O)C1CCCN1C(=O)/C(C)=C/[C@H](C(C)C)N(C)C(=O)[C@@H](NC(=O)[C@H]1CCCCN1C(C)C)C(C)C)c1ccccc1. The van der Waals surface area contributed by atoms with Crippen molar-refractivity contribution in [2.75, 3.05) is 20.1 Å². The van der Waals surface area contributed by atoms with Crippen molar-refractivity contribution < 1.29 is 23.9 Å². The van der Waals surface area contributed by atoms with Crippen molar-refractivity contribution >= 4 is 23.7 Å². The van der Waals surface area contributed by atoms with Gasteiger partial charge in [-0.25, -0.2) is 4.79 Å². The minimum atomic E-state index is -0.689. The third kappa shape index (κ3) is 13.0. The number of amides is 3. The van der Waals surface area contributed by atoms with E-state index in [9.17, 15) is 19.2 Å².